The number of morpholine rings is 1. The van der Waals surface area contributed by atoms with Crippen molar-refractivity contribution < 1.29 is 23.8 Å². The van der Waals surface area contributed by atoms with E-state index in [2.05, 4.69) is 16.0 Å². The summed E-state index contributed by atoms with van der Waals surface area (Å²) in [5, 5.41) is 1.18. The van der Waals surface area contributed by atoms with Gasteiger partial charge in [-0.25, -0.2) is 4.79 Å². The number of carbonyl (C=O) groups excluding carboxylic acids is 2. The molecule has 5 rings (SSSR count). The maximum atomic E-state index is 13.1. The van der Waals surface area contributed by atoms with E-state index in [1.54, 1.807) is 14.0 Å². The molecule has 0 aliphatic carbocycles. The predicted molar refractivity (Wildman–Crippen MR) is 141 cm³/mol. The number of nitrogens with one attached hydrogen (secondary N) is 1. The number of ether oxygens (including phenoxy) is 3. The first kappa shape index (κ1) is 25.9. The maximum absolute atomic E-state index is 13.1. The van der Waals surface area contributed by atoms with Crippen LogP contribution in [0.4, 0.5) is 4.79 Å². The maximum Gasteiger partial charge on any atom is 0.410 e. The third kappa shape index (κ3) is 5.03. The van der Waals surface area contributed by atoms with Gasteiger partial charge in [-0.05, 0) is 51.3 Å². The molecular formula is C28H40N4O5. The number of benzene rings is 1. The van der Waals surface area contributed by atoms with Crippen molar-refractivity contribution in [1.29, 1.82) is 0 Å². The average molecular weight is 513 g/mol. The van der Waals surface area contributed by atoms with Gasteiger partial charge in [0.05, 0.1) is 26.4 Å². The molecule has 3 aliphatic heterocycles. The van der Waals surface area contributed by atoms with E-state index in [-0.39, 0.29) is 23.5 Å². The molecule has 0 radical (unpaired) electrons. The molecule has 1 atom stereocenters. The minimum Gasteiger partial charge on any atom is -0.497 e. The number of H-pyrrole nitrogens is 1. The minimum absolute atomic E-state index is 0.0708. The molecule has 2 aromatic rings. The number of amides is 2. The standard InChI is InChI=1S/C28H40N4O5/c1-19(33)32-18-28(8-10-31(11-9-28)26(34)37-27(2,3)4)24-21-7-6-20(35-5)16-22(21)29-25(24)23(32)17-30-12-14-36-15-13-30/h6-7,16,23,29H,8-15,17-18H2,1-5H3/t23-/m0/s1. The monoisotopic (exact) mass is 512 g/mol. The van der Waals surface area contributed by atoms with Gasteiger partial charge in [0.1, 0.15) is 11.4 Å². The Labute approximate surface area is 219 Å². The van der Waals surface area contributed by atoms with Gasteiger partial charge in [-0.15, -0.1) is 0 Å². The molecule has 2 fully saturated rings. The molecule has 1 aromatic carbocycles. The zero-order valence-electron chi connectivity index (χ0n) is 22.8. The molecule has 1 spiro atoms. The lowest BCUT2D eigenvalue weighted by Gasteiger charge is -2.51. The van der Waals surface area contributed by atoms with Crippen molar-refractivity contribution >= 4 is 22.9 Å². The molecule has 2 amide bonds. The number of aromatic nitrogens is 1. The second-order valence-electron chi connectivity index (χ2n) is 11.6. The molecule has 9 heteroatoms. The number of likely N-dealkylation sites (tertiary alicyclic amines) is 1. The van der Waals surface area contributed by atoms with E-state index in [4.69, 9.17) is 14.2 Å². The summed E-state index contributed by atoms with van der Waals surface area (Å²) in [7, 11) is 1.68. The number of aromatic amines is 1. The van der Waals surface area contributed by atoms with Crippen LogP contribution in [0.1, 0.15) is 57.8 Å². The van der Waals surface area contributed by atoms with Crippen molar-refractivity contribution in [2.24, 2.45) is 0 Å². The fourth-order valence-electron chi connectivity index (χ4n) is 6.22. The Balaban J connectivity index is 1.53. The Morgan fingerprint density at radius 3 is 2.46 bits per heavy atom. The second kappa shape index (κ2) is 9.83. The van der Waals surface area contributed by atoms with Crippen molar-refractivity contribution in [2.75, 3.05) is 59.6 Å². The first-order chi connectivity index (χ1) is 17.6. The number of hydrogen-bond donors (Lipinski definition) is 1. The molecule has 37 heavy (non-hydrogen) atoms. The SMILES string of the molecule is COc1ccc2c3c([nH]c2c1)[C@H](CN1CCOCC1)N(C(C)=O)CC31CCN(C(=O)OC(C)(C)C)CC1. The predicted octanol–water partition coefficient (Wildman–Crippen LogP) is 3.68. The van der Waals surface area contributed by atoms with Crippen LogP contribution in [0, 0.1) is 0 Å². The van der Waals surface area contributed by atoms with Crippen LogP contribution >= 0.6 is 0 Å². The number of fused-ring (bicyclic) bond motifs is 4. The minimum atomic E-state index is -0.529. The van der Waals surface area contributed by atoms with Crippen molar-refractivity contribution in [3.05, 3.63) is 29.5 Å². The highest BCUT2D eigenvalue weighted by molar-refractivity contribution is 5.88. The molecule has 3 aliphatic rings. The number of hydrogen-bond acceptors (Lipinski definition) is 6. The summed E-state index contributed by atoms with van der Waals surface area (Å²) < 4.78 is 16.7. The summed E-state index contributed by atoms with van der Waals surface area (Å²) in [5.41, 5.74) is 2.66. The van der Waals surface area contributed by atoms with E-state index in [1.807, 2.05) is 42.7 Å². The van der Waals surface area contributed by atoms with Gasteiger partial charge < -0.3 is 29.0 Å². The molecule has 4 heterocycles. The number of carbonyl (C=O) groups is 2. The van der Waals surface area contributed by atoms with Crippen molar-refractivity contribution in [3.8, 4) is 5.75 Å². The Morgan fingerprint density at radius 2 is 1.84 bits per heavy atom. The average Bonchev–Trinajstić information content (AvgIpc) is 3.25. The van der Waals surface area contributed by atoms with Gasteiger partial charge in [-0.2, -0.15) is 0 Å². The highest BCUT2D eigenvalue weighted by Gasteiger charge is 2.49. The Bertz CT molecular complexity index is 1160. The van der Waals surface area contributed by atoms with Gasteiger partial charge in [0.2, 0.25) is 5.91 Å². The van der Waals surface area contributed by atoms with Crippen molar-refractivity contribution in [3.63, 3.8) is 0 Å². The molecular weight excluding hydrogens is 472 g/mol. The fourth-order valence-corrected chi connectivity index (χ4v) is 6.22. The summed E-state index contributed by atoms with van der Waals surface area (Å²) in [6.07, 6.45) is 1.27. The number of nitrogens with zero attached hydrogens (tertiary/aromatic N) is 3. The Kier molecular flexibility index (Phi) is 6.87. The largest absolute Gasteiger partial charge is 0.497 e. The summed E-state index contributed by atoms with van der Waals surface area (Å²) in [6.45, 7) is 13.1. The molecule has 0 unspecified atom stereocenters. The highest BCUT2D eigenvalue weighted by atomic mass is 16.6. The first-order valence-electron chi connectivity index (χ1n) is 13.4. The lowest BCUT2D eigenvalue weighted by Crippen LogP contribution is -2.57. The number of rotatable bonds is 3. The van der Waals surface area contributed by atoms with Crippen LogP contribution < -0.4 is 4.74 Å². The molecule has 202 valence electrons. The van der Waals surface area contributed by atoms with Gasteiger partial charge in [-0.1, -0.05) is 0 Å². The summed E-state index contributed by atoms with van der Waals surface area (Å²) in [4.78, 5) is 35.9. The van der Waals surface area contributed by atoms with E-state index in [1.165, 1.54) is 10.9 Å². The van der Waals surface area contributed by atoms with Crippen LogP contribution in [0.3, 0.4) is 0 Å². The second-order valence-corrected chi connectivity index (χ2v) is 11.6. The third-order valence-electron chi connectivity index (χ3n) is 8.06. The van der Waals surface area contributed by atoms with Crippen LogP contribution in [0.5, 0.6) is 5.75 Å². The lowest BCUT2D eigenvalue weighted by molar-refractivity contribution is -0.134. The molecule has 0 saturated carbocycles. The van der Waals surface area contributed by atoms with E-state index in [9.17, 15) is 9.59 Å². The van der Waals surface area contributed by atoms with Gasteiger partial charge in [-0.3, -0.25) is 9.69 Å². The van der Waals surface area contributed by atoms with Gasteiger partial charge in [0, 0.05) is 74.3 Å². The summed E-state index contributed by atoms with van der Waals surface area (Å²) >= 11 is 0. The lowest BCUT2D eigenvalue weighted by atomic mass is 9.68. The van der Waals surface area contributed by atoms with Crippen LogP contribution in [0.15, 0.2) is 18.2 Å². The smallest absolute Gasteiger partial charge is 0.410 e. The van der Waals surface area contributed by atoms with Crippen molar-refractivity contribution in [2.45, 2.75) is 57.6 Å². The van der Waals surface area contributed by atoms with E-state index < -0.39 is 5.60 Å². The van der Waals surface area contributed by atoms with Gasteiger partial charge in [0.25, 0.3) is 0 Å². The van der Waals surface area contributed by atoms with Crippen LogP contribution in [0.25, 0.3) is 10.9 Å². The number of methoxy groups -OCH3 is 1. The first-order valence-corrected chi connectivity index (χ1v) is 13.4. The van der Waals surface area contributed by atoms with Gasteiger partial charge >= 0.3 is 6.09 Å². The number of piperidine rings is 1. The summed E-state index contributed by atoms with van der Waals surface area (Å²) in [5.74, 6) is 0.877. The van der Waals surface area contributed by atoms with E-state index >= 15 is 0 Å². The topological polar surface area (TPSA) is 87.3 Å². The molecule has 9 nitrogen and oxygen atoms in total. The molecule has 1 N–H and O–H groups in total. The zero-order chi connectivity index (χ0) is 26.4. The highest BCUT2D eigenvalue weighted by Crippen LogP contribution is 2.49. The quantitative estimate of drug-likeness (QED) is 0.675. The van der Waals surface area contributed by atoms with Crippen LogP contribution in [0.2, 0.25) is 0 Å². The van der Waals surface area contributed by atoms with Crippen LogP contribution in [-0.4, -0.2) is 96.9 Å². The normalized spacial score (nSPS) is 22.2. The Morgan fingerprint density at radius 1 is 1.14 bits per heavy atom. The fraction of sp³-hybridized carbons (Fsp3) is 0.643. The zero-order valence-corrected chi connectivity index (χ0v) is 22.8. The van der Waals surface area contributed by atoms with E-state index in [0.29, 0.717) is 32.8 Å². The van der Waals surface area contributed by atoms with Crippen molar-refractivity contribution in [1.82, 2.24) is 19.7 Å². The van der Waals surface area contributed by atoms with E-state index in [0.717, 1.165) is 49.4 Å². The van der Waals surface area contributed by atoms with Crippen LogP contribution in [-0.2, 0) is 19.7 Å². The summed E-state index contributed by atoms with van der Waals surface area (Å²) in [6, 6.07) is 6.12. The molecule has 2 saturated heterocycles. The Hall–Kier alpha value is -2.78. The van der Waals surface area contributed by atoms with Gasteiger partial charge in [0.15, 0.2) is 0 Å². The third-order valence-corrected chi connectivity index (χ3v) is 8.06. The molecule has 1 aromatic heterocycles. The molecule has 0 bridgehead atoms.